The van der Waals surface area contributed by atoms with Gasteiger partial charge in [0.25, 0.3) is 0 Å². The maximum absolute atomic E-state index is 12.7. The summed E-state index contributed by atoms with van der Waals surface area (Å²) in [5.74, 6) is -0.150. The summed E-state index contributed by atoms with van der Waals surface area (Å²) >= 11 is 0. The van der Waals surface area contributed by atoms with Gasteiger partial charge in [-0.2, -0.15) is 0 Å². The molecule has 88 valence electrons. The van der Waals surface area contributed by atoms with Gasteiger partial charge in [0.2, 0.25) is 5.91 Å². The number of halogens is 1. The van der Waals surface area contributed by atoms with Crippen LogP contribution in [0.4, 0.5) is 4.39 Å². The minimum absolute atomic E-state index is 0.0807. The Morgan fingerprint density at radius 1 is 1.38 bits per heavy atom. The maximum Gasteiger partial charge on any atom is 0.220 e. The Labute approximate surface area is 95.9 Å². The molecule has 1 amide bonds. The number of rotatable bonds is 5. The molecular weight excluding hydrogens is 205 g/mol. The van der Waals surface area contributed by atoms with Crippen molar-refractivity contribution in [2.24, 2.45) is 0 Å². The second-order valence-electron chi connectivity index (χ2n) is 4.05. The van der Waals surface area contributed by atoms with Crippen molar-refractivity contribution in [3.63, 3.8) is 0 Å². The molecule has 1 unspecified atom stereocenters. The lowest BCUT2D eigenvalue weighted by atomic mass is 10.1. The van der Waals surface area contributed by atoms with E-state index in [9.17, 15) is 9.18 Å². The molecule has 0 heterocycles. The standard InChI is InChI=1S/C13H18FNO/c1-3-4-13(16)15-10(2)9-11-5-7-12(14)8-6-11/h5-8,10H,3-4,9H2,1-2H3,(H,15,16). The van der Waals surface area contributed by atoms with Crippen molar-refractivity contribution in [1.29, 1.82) is 0 Å². The van der Waals surface area contributed by atoms with Gasteiger partial charge < -0.3 is 5.32 Å². The van der Waals surface area contributed by atoms with Crippen molar-refractivity contribution >= 4 is 5.91 Å². The molecular formula is C13H18FNO. The average Bonchev–Trinajstić information content (AvgIpc) is 2.21. The topological polar surface area (TPSA) is 29.1 Å². The lowest BCUT2D eigenvalue weighted by Crippen LogP contribution is -2.33. The lowest BCUT2D eigenvalue weighted by molar-refractivity contribution is -0.121. The van der Waals surface area contributed by atoms with Crippen LogP contribution in [0.2, 0.25) is 0 Å². The summed E-state index contributed by atoms with van der Waals surface area (Å²) in [4.78, 5) is 11.3. The predicted octanol–water partition coefficient (Wildman–Crippen LogP) is 2.67. The van der Waals surface area contributed by atoms with Crippen LogP contribution < -0.4 is 5.32 Å². The summed E-state index contributed by atoms with van der Waals surface area (Å²) in [6.45, 7) is 3.93. The Kier molecular flexibility index (Phi) is 4.96. The van der Waals surface area contributed by atoms with Gasteiger partial charge in [0, 0.05) is 12.5 Å². The third kappa shape index (κ3) is 4.43. The van der Waals surface area contributed by atoms with E-state index >= 15 is 0 Å². The summed E-state index contributed by atoms with van der Waals surface area (Å²) in [7, 11) is 0. The molecule has 1 atom stereocenters. The van der Waals surface area contributed by atoms with Crippen molar-refractivity contribution in [3.05, 3.63) is 35.6 Å². The zero-order valence-electron chi connectivity index (χ0n) is 9.79. The van der Waals surface area contributed by atoms with Crippen LogP contribution in [-0.4, -0.2) is 11.9 Å². The van der Waals surface area contributed by atoms with Gasteiger partial charge in [0.1, 0.15) is 5.82 Å². The molecule has 0 aliphatic rings. The molecule has 1 rings (SSSR count). The molecule has 0 aliphatic heterocycles. The largest absolute Gasteiger partial charge is 0.353 e. The number of nitrogens with one attached hydrogen (secondary N) is 1. The van der Waals surface area contributed by atoms with E-state index in [1.165, 1.54) is 12.1 Å². The third-order valence-electron chi connectivity index (χ3n) is 2.34. The van der Waals surface area contributed by atoms with Gasteiger partial charge in [0.15, 0.2) is 0 Å². The Balaban J connectivity index is 2.42. The van der Waals surface area contributed by atoms with Crippen LogP contribution in [0.1, 0.15) is 32.3 Å². The van der Waals surface area contributed by atoms with Gasteiger partial charge in [-0.15, -0.1) is 0 Å². The normalized spacial score (nSPS) is 12.2. The van der Waals surface area contributed by atoms with E-state index in [1.54, 1.807) is 12.1 Å². The molecule has 0 aliphatic carbocycles. The van der Waals surface area contributed by atoms with Gasteiger partial charge in [-0.25, -0.2) is 4.39 Å². The highest BCUT2D eigenvalue weighted by Crippen LogP contribution is 2.05. The molecule has 0 saturated carbocycles. The fraction of sp³-hybridized carbons (Fsp3) is 0.462. The van der Waals surface area contributed by atoms with E-state index < -0.39 is 0 Å². The summed E-state index contributed by atoms with van der Waals surface area (Å²) in [5, 5.41) is 2.91. The highest BCUT2D eigenvalue weighted by Gasteiger charge is 2.07. The molecule has 1 aromatic rings. The molecule has 0 saturated heterocycles. The fourth-order valence-electron chi connectivity index (χ4n) is 1.60. The molecule has 1 N–H and O–H groups in total. The number of carbonyl (C=O) groups is 1. The molecule has 0 fully saturated rings. The van der Waals surface area contributed by atoms with Crippen LogP contribution in [0.15, 0.2) is 24.3 Å². The molecule has 1 aromatic carbocycles. The van der Waals surface area contributed by atoms with Crippen molar-refractivity contribution in [1.82, 2.24) is 5.32 Å². The van der Waals surface area contributed by atoms with Crippen LogP contribution in [0.3, 0.4) is 0 Å². The van der Waals surface area contributed by atoms with Crippen molar-refractivity contribution in [3.8, 4) is 0 Å². The van der Waals surface area contributed by atoms with Gasteiger partial charge >= 0.3 is 0 Å². The van der Waals surface area contributed by atoms with Gasteiger partial charge in [-0.3, -0.25) is 4.79 Å². The van der Waals surface area contributed by atoms with Crippen molar-refractivity contribution < 1.29 is 9.18 Å². The van der Waals surface area contributed by atoms with Gasteiger partial charge in [0.05, 0.1) is 0 Å². The number of amides is 1. The summed E-state index contributed by atoms with van der Waals surface area (Å²) in [6, 6.07) is 6.46. The van der Waals surface area contributed by atoms with Crippen LogP contribution in [-0.2, 0) is 11.2 Å². The predicted molar refractivity (Wildman–Crippen MR) is 62.6 cm³/mol. The molecule has 16 heavy (non-hydrogen) atoms. The quantitative estimate of drug-likeness (QED) is 0.817. The van der Waals surface area contributed by atoms with Crippen LogP contribution in [0.5, 0.6) is 0 Å². The smallest absolute Gasteiger partial charge is 0.220 e. The summed E-state index contributed by atoms with van der Waals surface area (Å²) in [5.41, 5.74) is 1.03. The highest BCUT2D eigenvalue weighted by atomic mass is 19.1. The third-order valence-corrected chi connectivity index (χ3v) is 2.34. The van der Waals surface area contributed by atoms with E-state index in [2.05, 4.69) is 5.32 Å². The second kappa shape index (κ2) is 6.26. The Morgan fingerprint density at radius 2 is 2.00 bits per heavy atom. The molecule has 0 radical (unpaired) electrons. The van der Waals surface area contributed by atoms with Crippen LogP contribution in [0, 0.1) is 5.82 Å². The number of hydrogen-bond donors (Lipinski definition) is 1. The first-order valence-electron chi connectivity index (χ1n) is 5.65. The zero-order chi connectivity index (χ0) is 12.0. The first-order chi connectivity index (χ1) is 7.61. The van der Waals surface area contributed by atoms with Crippen LogP contribution >= 0.6 is 0 Å². The Hall–Kier alpha value is -1.38. The van der Waals surface area contributed by atoms with E-state index in [0.29, 0.717) is 6.42 Å². The van der Waals surface area contributed by atoms with Gasteiger partial charge in [-0.1, -0.05) is 19.1 Å². The first kappa shape index (κ1) is 12.7. The number of benzene rings is 1. The molecule has 3 heteroatoms. The highest BCUT2D eigenvalue weighted by molar-refractivity contribution is 5.76. The monoisotopic (exact) mass is 223 g/mol. The maximum atomic E-state index is 12.7. The molecule has 0 spiro atoms. The molecule has 2 nitrogen and oxygen atoms in total. The SMILES string of the molecule is CCCC(=O)NC(C)Cc1ccc(F)cc1. The van der Waals surface area contributed by atoms with Gasteiger partial charge in [-0.05, 0) is 37.5 Å². The zero-order valence-corrected chi connectivity index (χ0v) is 9.79. The molecule has 0 bridgehead atoms. The van der Waals surface area contributed by atoms with Crippen molar-refractivity contribution in [2.75, 3.05) is 0 Å². The van der Waals surface area contributed by atoms with E-state index in [-0.39, 0.29) is 17.8 Å². The number of carbonyl (C=O) groups excluding carboxylic acids is 1. The van der Waals surface area contributed by atoms with E-state index in [1.807, 2.05) is 13.8 Å². The first-order valence-corrected chi connectivity index (χ1v) is 5.65. The minimum atomic E-state index is -0.230. The average molecular weight is 223 g/mol. The number of hydrogen-bond acceptors (Lipinski definition) is 1. The van der Waals surface area contributed by atoms with E-state index in [4.69, 9.17) is 0 Å². The lowest BCUT2D eigenvalue weighted by Gasteiger charge is -2.13. The fourth-order valence-corrected chi connectivity index (χ4v) is 1.60. The van der Waals surface area contributed by atoms with Crippen LogP contribution in [0.25, 0.3) is 0 Å². The summed E-state index contributed by atoms with van der Waals surface area (Å²) in [6.07, 6.45) is 2.15. The Bertz CT molecular complexity index is 334. The Morgan fingerprint density at radius 3 is 2.56 bits per heavy atom. The van der Waals surface area contributed by atoms with Crippen molar-refractivity contribution in [2.45, 2.75) is 39.2 Å². The van der Waals surface area contributed by atoms with E-state index in [0.717, 1.165) is 18.4 Å². The molecule has 0 aromatic heterocycles. The minimum Gasteiger partial charge on any atom is -0.353 e. The summed E-state index contributed by atoms with van der Waals surface area (Å²) < 4.78 is 12.7. The second-order valence-corrected chi connectivity index (χ2v) is 4.05.